The van der Waals surface area contributed by atoms with Crippen LogP contribution in [0, 0.1) is 0 Å². The highest BCUT2D eigenvalue weighted by atomic mass is 16.3. The molecule has 0 fully saturated rings. The average molecular weight is 272 g/mol. The van der Waals surface area contributed by atoms with Gasteiger partial charge in [0.25, 0.3) is 0 Å². The zero-order valence-electron chi connectivity index (χ0n) is 11.2. The largest absolute Gasteiger partial charge is 0.506 e. The van der Waals surface area contributed by atoms with E-state index in [0.29, 0.717) is 11.4 Å². The molecule has 2 heterocycles. The molecule has 0 aliphatic rings. The second kappa shape index (κ2) is 4.56. The third-order valence-electron chi connectivity index (χ3n) is 3.54. The standard InChI is InChI=1S/C18H12N2O/c21-17-11-13-6-2-4-8-15(13)20-18(17)16-10-9-12-5-1-3-7-14(12)19-16/h1-11,21H. The first-order valence-electron chi connectivity index (χ1n) is 6.76. The zero-order chi connectivity index (χ0) is 14.2. The topological polar surface area (TPSA) is 46.0 Å². The average Bonchev–Trinajstić information content (AvgIpc) is 2.54. The number of para-hydroxylation sites is 2. The first-order valence-corrected chi connectivity index (χ1v) is 6.76. The summed E-state index contributed by atoms with van der Waals surface area (Å²) in [6, 6.07) is 21.2. The quantitative estimate of drug-likeness (QED) is 0.566. The Bertz CT molecular complexity index is 963. The molecule has 0 unspecified atom stereocenters. The van der Waals surface area contributed by atoms with E-state index in [9.17, 15) is 5.11 Å². The molecule has 1 N–H and O–H groups in total. The molecule has 3 nitrogen and oxygen atoms in total. The number of hydrogen-bond donors (Lipinski definition) is 1. The molecule has 0 bridgehead atoms. The van der Waals surface area contributed by atoms with E-state index in [0.717, 1.165) is 21.8 Å². The maximum Gasteiger partial charge on any atom is 0.144 e. The fourth-order valence-electron chi connectivity index (χ4n) is 2.49. The van der Waals surface area contributed by atoms with Crippen molar-refractivity contribution in [2.24, 2.45) is 0 Å². The molecular formula is C18H12N2O. The van der Waals surface area contributed by atoms with Crippen LogP contribution in [0.15, 0.2) is 66.7 Å². The van der Waals surface area contributed by atoms with Crippen molar-refractivity contribution in [1.82, 2.24) is 9.97 Å². The molecule has 100 valence electrons. The van der Waals surface area contributed by atoms with Gasteiger partial charge in [-0.05, 0) is 24.3 Å². The lowest BCUT2D eigenvalue weighted by Crippen LogP contribution is -1.90. The Labute approximate surface area is 121 Å². The van der Waals surface area contributed by atoms with Crippen molar-refractivity contribution in [3.63, 3.8) is 0 Å². The monoisotopic (exact) mass is 272 g/mol. The van der Waals surface area contributed by atoms with E-state index in [1.54, 1.807) is 6.07 Å². The molecular weight excluding hydrogens is 260 g/mol. The molecule has 0 saturated carbocycles. The Kier molecular flexibility index (Phi) is 2.57. The summed E-state index contributed by atoms with van der Waals surface area (Å²) in [7, 11) is 0. The minimum atomic E-state index is 0.150. The maximum atomic E-state index is 10.2. The number of rotatable bonds is 1. The predicted molar refractivity (Wildman–Crippen MR) is 84.1 cm³/mol. The van der Waals surface area contributed by atoms with Crippen LogP contribution in [0.25, 0.3) is 33.2 Å². The Morgan fingerprint density at radius 2 is 1.33 bits per heavy atom. The van der Waals surface area contributed by atoms with Gasteiger partial charge in [0.05, 0.1) is 16.7 Å². The second-order valence-corrected chi connectivity index (χ2v) is 4.94. The Morgan fingerprint density at radius 1 is 0.667 bits per heavy atom. The number of aromatic hydroxyl groups is 1. The van der Waals surface area contributed by atoms with Crippen molar-refractivity contribution < 1.29 is 5.11 Å². The SMILES string of the molecule is Oc1cc2ccccc2nc1-c1ccc2ccccc2n1. The van der Waals surface area contributed by atoms with Gasteiger partial charge in [0.2, 0.25) is 0 Å². The van der Waals surface area contributed by atoms with Crippen LogP contribution in [0.5, 0.6) is 5.75 Å². The minimum Gasteiger partial charge on any atom is -0.506 e. The van der Waals surface area contributed by atoms with Gasteiger partial charge < -0.3 is 5.11 Å². The summed E-state index contributed by atoms with van der Waals surface area (Å²) >= 11 is 0. The molecule has 0 aliphatic heterocycles. The lowest BCUT2D eigenvalue weighted by atomic mass is 10.1. The van der Waals surface area contributed by atoms with Crippen molar-refractivity contribution in [2.45, 2.75) is 0 Å². The number of fused-ring (bicyclic) bond motifs is 2. The van der Waals surface area contributed by atoms with Gasteiger partial charge >= 0.3 is 0 Å². The molecule has 0 saturated heterocycles. The number of aromatic nitrogens is 2. The van der Waals surface area contributed by atoms with Crippen molar-refractivity contribution >= 4 is 21.8 Å². The predicted octanol–water partition coefficient (Wildman–Crippen LogP) is 4.16. The van der Waals surface area contributed by atoms with Gasteiger partial charge in [-0.2, -0.15) is 0 Å². The molecule has 3 heteroatoms. The van der Waals surface area contributed by atoms with Crippen molar-refractivity contribution in [1.29, 1.82) is 0 Å². The van der Waals surface area contributed by atoms with E-state index < -0.39 is 0 Å². The highest BCUT2D eigenvalue weighted by molar-refractivity contribution is 5.86. The van der Waals surface area contributed by atoms with E-state index in [2.05, 4.69) is 9.97 Å². The maximum absolute atomic E-state index is 10.2. The van der Waals surface area contributed by atoms with Crippen LogP contribution in [0.1, 0.15) is 0 Å². The third-order valence-corrected chi connectivity index (χ3v) is 3.54. The summed E-state index contributed by atoms with van der Waals surface area (Å²) < 4.78 is 0. The molecule has 0 atom stereocenters. The first-order chi connectivity index (χ1) is 10.3. The van der Waals surface area contributed by atoms with Gasteiger partial charge in [0.15, 0.2) is 0 Å². The van der Waals surface area contributed by atoms with E-state index in [1.807, 2.05) is 60.7 Å². The summed E-state index contributed by atoms with van der Waals surface area (Å²) in [5, 5.41) is 12.2. The highest BCUT2D eigenvalue weighted by Crippen LogP contribution is 2.30. The Morgan fingerprint density at radius 3 is 2.14 bits per heavy atom. The summed E-state index contributed by atoms with van der Waals surface area (Å²) in [5.74, 6) is 0.150. The van der Waals surface area contributed by atoms with Crippen molar-refractivity contribution in [3.8, 4) is 17.1 Å². The number of benzene rings is 2. The summed E-state index contributed by atoms with van der Waals surface area (Å²) in [6.07, 6.45) is 0. The molecule has 2 aromatic carbocycles. The van der Waals surface area contributed by atoms with Crippen molar-refractivity contribution in [2.75, 3.05) is 0 Å². The van der Waals surface area contributed by atoms with Crippen LogP contribution in [-0.4, -0.2) is 15.1 Å². The van der Waals surface area contributed by atoms with E-state index in [-0.39, 0.29) is 5.75 Å². The molecule has 0 aliphatic carbocycles. The van der Waals surface area contributed by atoms with Gasteiger partial charge in [-0.3, -0.25) is 0 Å². The lowest BCUT2D eigenvalue weighted by molar-refractivity contribution is 0.476. The van der Waals surface area contributed by atoms with Crippen LogP contribution in [0.4, 0.5) is 0 Å². The van der Waals surface area contributed by atoms with Crippen LogP contribution in [0.2, 0.25) is 0 Å². The molecule has 4 aromatic rings. The van der Waals surface area contributed by atoms with Gasteiger partial charge in [0.1, 0.15) is 11.4 Å². The van der Waals surface area contributed by atoms with E-state index in [4.69, 9.17) is 0 Å². The smallest absolute Gasteiger partial charge is 0.144 e. The lowest BCUT2D eigenvalue weighted by Gasteiger charge is -2.06. The second-order valence-electron chi connectivity index (χ2n) is 4.94. The zero-order valence-corrected chi connectivity index (χ0v) is 11.2. The molecule has 0 radical (unpaired) electrons. The summed E-state index contributed by atoms with van der Waals surface area (Å²) in [6.45, 7) is 0. The molecule has 2 aromatic heterocycles. The summed E-state index contributed by atoms with van der Waals surface area (Å²) in [4.78, 5) is 9.13. The number of pyridine rings is 2. The molecule has 21 heavy (non-hydrogen) atoms. The molecule has 0 spiro atoms. The molecule has 4 rings (SSSR count). The van der Waals surface area contributed by atoms with E-state index in [1.165, 1.54) is 0 Å². The van der Waals surface area contributed by atoms with Gasteiger partial charge in [0, 0.05) is 10.8 Å². The molecule has 0 amide bonds. The third kappa shape index (κ3) is 1.99. The first kappa shape index (κ1) is 11.9. The normalized spacial score (nSPS) is 11.0. The minimum absolute atomic E-state index is 0.150. The van der Waals surface area contributed by atoms with Gasteiger partial charge in [-0.25, -0.2) is 9.97 Å². The van der Waals surface area contributed by atoms with Crippen LogP contribution < -0.4 is 0 Å². The van der Waals surface area contributed by atoms with Crippen LogP contribution in [0.3, 0.4) is 0 Å². The highest BCUT2D eigenvalue weighted by Gasteiger charge is 2.10. The van der Waals surface area contributed by atoms with Crippen LogP contribution in [-0.2, 0) is 0 Å². The summed E-state index contributed by atoms with van der Waals surface area (Å²) in [5.41, 5.74) is 2.93. The fraction of sp³-hybridized carbons (Fsp3) is 0. The Hall–Kier alpha value is -2.94. The van der Waals surface area contributed by atoms with Gasteiger partial charge in [-0.15, -0.1) is 0 Å². The van der Waals surface area contributed by atoms with Gasteiger partial charge in [-0.1, -0.05) is 42.5 Å². The van der Waals surface area contributed by atoms with E-state index >= 15 is 0 Å². The Balaban J connectivity index is 1.96. The number of hydrogen-bond acceptors (Lipinski definition) is 3. The number of nitrogens with zero attached hydrogens (tertiary/aromatic N) is 2. The van der Waals surface area contributed by atoms with Crippen LogP contribution >= 0.6 is 0 Å². The fourth-order valence-corrected chi connectivity index (χ4v) is 2.49. The van der Waals surface area contributed by atoms with Crippen molar-refractivity contribution in [3.05, 3.63) is 66.7 Å².